The molecule has 0 unspecified atom stereocenters. The van der Waals surface area contributed by atoms with E-state index in [-0.39, 0.29) is 5.91 Å². The predicted octanol–water partition coefficient (Wildman–Crippen LogP) is 5.10. The fourth-order valence-corrected chi connectivity index (χ4v) is 5.10. The van der Waals surface area contributed by atoms with Gasteiger partial charge in [0.05, 0.1) is 5.75 Å². The van der Waals surface area contributed by atoms with Crippen molar-refractivity contribution in [2.75, 3.05) is 5.32 Å². The molecule has 1 aliphatic carbocycles. The molecule has 0 aliphatic heterocycles. The summed E-state index contributed by atoms with van der Waals surface area (Å²) in [6.45, 7) is 2.01. The zero-order valence-electron chi connectivity index (χ0n) is 16.3. The number of benzene rings is 1. The third-order valence-corrected chi connectivity index (χ3v) is 6.97. The first-order valence-electron chi connectivity index (χ1n) is 9.82. The Morgan fingerprint density at radius 3 is 2.83 bits per heavy atom. The Morgan fingerprint density at radius 2 is 2.00 bits per heavy atom. The second-order valence-corrected chi connectivity index (χ2v) is 9.43. The van der Waals surface area contributed by atoms with E-state index in [2.05, 4.69) is 25.7 Å². The van der Waals surface area contributed by atoms with Crippen molar-refractivity contribution in [2.24, 2.45) is 5.92 Å². The van der Waals surface area contributed by atoms with Crippen LogP contribution in [-0.4, -0.2) is 26.3 Å². The molecule has 0 atom stereocenters. The van der Waals surface area contributed by atoms with Crippen LogP contribution in [0.5, 0.6) is 0 Å². The standard InChI is InChI=1S/C20H23N5O2S2/c1-13-7-5-6-10-15(13)18-23-22-17(27-18)12-28-20-25-24-19(29-20)21-16(26)11-14-8-3-2-4-9-14/h5-7,10,14H,2-4,8-9,11-12H2,1H3,(H,21,24,26). The third kappa shape index (κ3) is 5.42. The van der Waals surface area contributed by atoms with E-state index < -0.39 is 0 Å². The van der Waals surface area contributed by atoms with E-state index >= 15 is 0 Å². The van der Waals surface area contributed by atoms with Crippen LogP contribution in [0.4, 0.5) is 5.13 Å². The normalized spacial score (nSPS) is 14.8. The highest BCUT2D eigenvalue weighted by molar-refractivity contribution is 8.00. The molecule has 1 aliphatic rings. The molecule has 1 amide bonds. The molecule has 1 aromatic carbocycles. The number of carbonyl (C=O) groups is 1. The van der Waals surface area contributed by atoms with Crippen LogP contribution in [0.3, 0.4) is 0 Å². The van der Waals surface area contributed by atoms with Crippen LogP contribution in [-0.2, 0) is 10.5 Å². The molecule has 9 heteroatoms. The Kier molecular flexibility index (Phi) is 6.56. The molecule has 2 aromatic heterocycles. The molecule has 1 fully saturated rings. The van der Waals surface area contributed by atoms with Gasteiger partial charge in [-0.15, -0.1) is 20.4 Å². The number of thioether (sulfide) groups is 1. The number of nitrogens with zero attached hydrogens (tertiary/aromatic N) is 4. The molecule has 1 N–H and O–H groups in total. The third-order valence-electron chi connectivity index (χ3n) is 5.01. The molecule has 152 valence electrons. The van der Waals surface area contributed by atoms with Crippen LogP contribution < -0.4 is 5.32 Å². The Morgan fingerprint density at radius 1 is 1.17 bits per heavy atom. The fourth-order valence-electron chi connectivity index (χ4n) is 3.50. The van der Waals surface area contributed by atoms with Gasteiger partial charge in [0.1, 0.15) is 0 Å². The van der Waals surface area contributed by atoms with Crippen LogP contribution in [0.1, 0.15) is 50.0 Å². The van der Waals surface area contributed by atoms with E-state index in [9.17, 15) is 4.79 Å². The first-order chi connectivity index (χ1) is 14.2. The van der Waals surface area contributed by atoms with Gasteiger partial charge in [-0.3, -0.25) is 4.79 Å². The zero-order chi connectivity index (χ0) is 20.1. The molecule has 3 aromatic rings. The summed E-state index contributed by atoms with van der Waals surface area (Å²) >= 11 is 2.83. The second kappa shape index (κ2) is 9.49. The minimum atomic E-state index is 0.0318. The van der Waals surface area contributed by atoms with Gasteiger partial charge in [0, 0.05) is 12.0 Å². The summed E-state index contributed by atoms with van der Waals surface area (Å²) in [5, 5.41) is 19.9. The average molecular weight is 430 g/mol. The minimum Gasteiger partial charge on any atom is -0.420 e. The monoisotopic (exact) mass is 429 g/mol. The van der Waals surface area contributed by atoms with Gasteiger partial charge in [-0.1, -0.05) is 60.6 Å². The van der Waals surface area contributed by atoms with Crippen LogP contribution in [0, 0.1) is 12.8 Å². The number of hydrogen-bond donors (Lipinski definition) is 1. The molecule has 29 heavy (non-hydrogen) atoms. The molecule has 0 saturated heterocycles. The molecule has 7 nitrogen and oxygen atoms in total. The van der Waals surface area contributed by atoms with Crippen molar-refractivity contribution in [3.8, 4) is 11.5 Å². The lowest BCUT2D eigenvalue weighted by molar-refractivity contribution is -0.117. The van der Waals surface area contributed by atoms with Gasteiger partial charge < -0.3 is 9.73 Å². The maximum absolute atomic E-state index is 12.2. The van der Waals surface area contributed by atoms with Crippen LogP contribution in [0.15, 0.2) is 33.0 Å². The van der Waals surface area contributed by atoms with Gasteiger partial charge in [-0.05, 0) is 37.3 Å². The van der Waals surface area contributed by atoms with Gasteiger partial charge >= 0.3 is 0 Å². The number of aryl methyl sites for hydroxylation is 1. The van der Waals surface area contributed by atoms with E-state index in [1.807, 2.05) is 31.2 Å². The first-order valence-corrected chi connectivity index (χ1v) is 11.6. The molecule has 0 spiro atoms. The van der Waals surface area contributed by atoms with Gasteiger partial charge in [-0.2, -0.15) is 0 Å². The van der Waals surface area contributed by atoms with Gasteiger partial charge in [0.15, 0.2) is 4.34 Å². The summed E-state index contributed by atoms with van der Waals surface area (Å²) in [6, 6.07) is 7.91. The van der Waals surface area contributed by atoms with Gasteiger partial charge in [-0.25, -0.2) is 0 Å². The molecule has 2 heterocycles. The highest BCUT2D eigenvalue weighted by Crippen LogP contribution is 2.30. The van der Waals surface area contributed by atoms with E-state index in [0.717, 1.165) is 28.3 Å². The number of amides is 1. The Balaban J connectivity index is 1.28. The summed E-state index contributed by atoms with van der Waals surface area (Å²) in [4.78, 5) is 12.2. The van der Waals surface area contributed by atoms with Gasteiger partial charge in [0.2, 0.25) is 22.8 Å². The van der Waals surface area contributed by atoms with Crippen LogP contribution in [0.25, 0.3) is 11.5 Å². The quantitative estimate of drug-likeness (QED) is 0.412. The van der Waals surface area contributed by atoms with Crippen LogP contribution >= 0.6 is 23.1 Å². The minimum absolute atomic E-state index is 0.0318. The summed E-state index contributed by atoms with van der Waals surface area (Å²) in [5.74, 6) is 2.09. The molecule has 0 radical (unpaired) electrons. The smallest absolute Gasteiger partial charge is 0.248 e. The number of anilines is 1. The van der Waals surface area contributed by atoms with Crippen molar-refractivity contribution in [1.82, 2.24) is 20.4 Å². The summed E-state index contributed by atoms with van der Waals surface area (Å²) in [6.07, 6.45) is 6.64. The lowest BCUT2D eigenvalue weighted by Gasteiger charge is -2.20. The summed E-state index contributed by atoms with van der Waals surface area (Å²) in [5.41, 5.74) is 2.03. The van der Waals surface area contributed by atoms with Gasteiger partial charge in [0.25, 0.3) is 0 Å². The first kappa shape index (κ1) is 20.0. The summed E-state index contributed by atoms with van der Waals surface area (Å²) < 4.78 is 6.53. The predicted molar refractivity (Wildman–Crippen MR) is 114 cm³/mol. The van der Waals surface area contributed by atoms with E-state index in [4.69, 9.17) is 4.42 Å². The Hall–Kier alpha value is -2.26. The molecule has 4 rings (SSSR count). The van der Waals surface area contributed by atoms with E-state index in [0.29, 0.717) is 35.0 Å². The Bertz CT molecular complexity index is 965. The molecule has 1 saturated carbocycles. The fraction of sp³-hybridized carbons (Fsp3) is 0.450. The topological polar surface area (TPSA) is 93.8 Å². The zero-order valence-corrected chi connectivity index (χ0v) is 17.9. The Labute approximate surface area is 177 Å². The second-order valence-electron chi connectivity index (χ2n) is 7.23. The highest BCUT2D eigenvalue weighted by atomic mass is 32.2. The SMILES string of the molecule is Cc1ccccc1-c1nnc(CSc2nnc(NC(=O)CC3CCCCC3)s2)o1. The van der Waals surface area contributed by atoms with Crippen molar-refractivity contribution in [1.29, 1.82) is 0 Å². The average Bonchev–Trinajstić information content (AvgIpc) is 3.37. The molecule has 0 bridgehead atoms. The van der Waals surface area contributed by atoms with Crippen molar-refractivity contribution in [2.45, 2.75) is 55.5 Å². The largest absolute Gasteiger partial charge is 0.420 e. The number of carbonyl (C=O) groups excluding carboxylic acids is 1. The maximum atomic E-state index is 12.2. The number of aromatic nitrogens is 4. The molecular weight excluding hydrogens is 406 g/mol. The molecular formula is C20H23N5O2S2. The van der Waals surface area contributed by atoms with Crippen molar-refractivity contribution in [3.63, 3.8) is 0 Å². The van der Waals surface area contributed by atoms with Crippen molar-refractivity contribution >= 4 is 34.1 Å². The number of hydrogen-bond acceptors (Lipinski definition) is 8. The number of nitrogens with one attached hydrogen (secondary N) is 1. The summed E-state index contributed by atoms with van der Waals surface area (Å²) in [7, 11) is 0. The lowest BCUT2D eigenvalue weighted by atomic mass is 9.87. The number of rotatable bonds is 7. The lowest BCUT2D eigenvalue weighted by Crippen LogP contribution is -2.18. The van der Waals surface area contributed by atoms with Crippen LogP contribution in [0.2, 0.25) is 0 Å². The van der Waals surface area contributed by atoms with Crippen molar-refractivity contribution < 1.29 is 9.21 Å². The van der Waals surface area contributed by atoms with Crippen molar-refractivity contribution in [3.05, 3.63) is 35.7 Å². The van der Waals surface area contributed by atoms with E-state index in [1.165, 1.54) is 42.4 Å². The highest BCUT2D eigenvalue weighted by Gasteiger charge is 2.18. The maximum Gasteiger partial charge on any atom is 0.248 e. The van der Waals surface area contributed by atoms with E-state index in [1.54, 1.807) is 0 Å².